The number of hydrogen-bond acceptors (Lipinski definition) is 4. The fourth-order valence-electron chi connectivity index (χ4n) is 3.52. The normalized spacial score (nSPS) is 11.2. The van der Waals surface area contributed by atoms with E-state index < -0.39 is 0 Å². The van der Waals surface area contributed by atoms with Gasteiger partial charge < -0.3 is 19.4 Å². The Balaban J connectivity index is 1.67. The predicted molar refractivity (Wildman–Crippen MR) is 119 cm³/mol. The number of rotatable bonds is 10. The van der Waals surface area contributed by atoms with Crippen LogP contribution in [0.5, 0.6) is 5.75 Å². The Labute approximate surface area is 178 Å². The smallest absolute Gasteiger partial charge is 0.246 e. The molecule has 1 heterocycles. The van der Waals surface area contributed by atoms with Gasteiger partial charge in [-0.2, -0.15) is 0 Å². The average molecular weight is 410 g/mol. The van der Waals surface area contributed by atoms with Crippen LogP contribution in [0.2, 0.25) is 0 Å². The highest BCUT2D eigenvalue weighted by Crippen LogP contribution is 2.27. The van der Waals surface area contributed by atoms with Crippen LogP contribution in [-0.2, 0) is 22.6 Å². The van der Waals surface area contributed by atoms with Gasteiger partial charge in [0.05, 0.1) is 24.2 Å². The molecule has 0 atom stereocenters. The van der Waals surface area contributed by atoms with Crippen LogP contribution < -0.4 is 10.1 Å². The minimum Gasteiger partial charge on any atom is -0.493 e. The molecule has 0 aliphatic heterocycles. The van der Waals surface area contributed by atoms with Crippen LogP contribution in [0.1, 0.15) is 43.1 Å². The van der Waals surface area contributed by atoms with Crippen LogP contribution in [0.15, 0.2) is 42.5 Å². The van der Waals surface area contributed by atoms with Gasteiger partial charge in [-0.3, -0.25) is 4.79 Å². The summed E-state index contributed by atoms with van der Waals surface area (Å²) in [7, 11) is 1.51. The summed E-state index contributed by atoms with van der Waals surface area (Å²) in [4.78, 5) is 16.5. The summed E-state index contributed by atoms with van der Waals surface area (Å²) in [6.07, 6.45) is 0.838. The van der Waals surface area contributed by atoms with Crippen LogP contribution in [0.3, 0.4) is 0 Å². The first kappa shape index (κ1) is 21.8. The van der Waals surface area contributed by atoms with Crippen LogP contribution in [-0.4, -0.2) is 35.8 Å². The highest BCUT2D eigenvalue weighted by atomic mass is 16.5. The third-order valence-electron chi connectivity index (χ3n) is 5.03. The fourth-order valence-corrected chi connectivity index (χ4v) is 3.52. The summed E-state index contributed by atoms with van der Waals surface area (Å²) in [5.74, 6) is 2.06. The molecule has 1 amide bonds. The quantitative estimate of drug-likeness (QED) is 0.510. The Morgan fingerprint density at radius 2 is 2.00 bits per heavy atom. The summed E-state index contributed by atoms with van der Waals surface area (Å²) < 4.78 is 13.2. The molecule has 0 saturated heterocycles. The van der Waals surface area contributed by atoms with E-state index in [2.05, 4.69) is 54.9 Å². The maximum Gasteiger partial charge on any atom is 0.246 e. The lowest BCUT2D eigenvalue weighted by Gasteiger charge is -2.15. The van der Waals surface area contributed by atoms with Crippen molar-refractivity contribution < 1.29 is 14.3 Å². The van der Waals surface area contributed by atoms with Gasteiger partial charge in [0.25, 0.3) is 0 Å². The van der Waals surface area contributed by atoms with Crippen molar-refractivity contribution in [1.29, 1.82) is 0 Å². The number of imidazole rings is 1. The van der Waals surface area contributed by atoms with Crippen LogP contribution >= 0.6 is 0 Å². The molecule has 1 N–H and O–H groups in total. The summed E-state index contributed by atoms with van der Waals surface area (Å²) in [6, 6.07) is 14.4. The topological polar surface area (TPSA) is 65.4 Å². The van der Waals surface area contributed by atoms with Gasteiger partial charge in [-0.05, 0) is 48.6 Å². The molecule has 2 aromatic carbocycles. The highest BCUT2D eigenvalue weighted by Gasteiger charge is 2.12. The van der Waals surface area contributed by atoms with Gasteiger partial charge >= 0.3 is 0 Å². The van der Waals surface area contributed by atoms with Crippen molar-refractivity contribution in [3.8, 4) is 5.75 Å². The molecule has 0 saturated carbocycles. The minimum atomic E-state index is -0.153. The summed E-state index contributed by atoms with van der Waals surface area (Å²) in [5, 5.41) is 2.87. The van der Waals surface area contributed by atoms with Gasteiger partial charge in [0, 0.05) is 13.7 Å². The largest absolute Gasteiger partial charge is 0.493 e. The molecule has 6 heteroatoms. The zero-order valence-corrected chi connectivity index (χ0v) is 18.3. The molecule has 160 valence electrons. The molecule has 30 heavy (non-hydrogen) atoms. The van der Waals surface area contributed by atoms with Crippen molar-refractivity contribution in [1.82, 2.24) is 14.9 Å². The molecule has 0 radical (unpaired) electrons. The van der Waals surface area contributed by atoms with Crippen LogP contribution in [0, 0.1) is 6.92 Å². The maximum atomic E-state index is 11.8. The molecule has 3 rings (SSSR count). The van der Waals surface area contributed by atoms with E-state index in [0.717, 1.165) is 35.6 Å². The van der Waals surface area contributed by atoms with E-state index in [0.29, 0.717) is 19.1 Å². The zero-order valence-electron chi connectivity index (χ0n) is 18.3. The monoisotopic (exact) mass is 409 g/mol. The Morgan fingerprint density at radius 3 is 2.77 bits per heavy atom. The van der Waals surface area contributed by atoms with Crippen LogP contribution in [0.25, 0.3) is 11.0 Å². The number of aryl methyl sites for hydroxylation is 2. The van der Waals surface area contributed by atoms with Gasteiger partial charge in [0.2, 0.25) is 5.91 Å². The second-order valence-corrected chi connectivity index (χ2v) is 7.78. The summed E-state index contributed by atoms with van der Waals surface area (Å²) in [5.41, 5.74) is 4.42. The van der Waals surface area contributed by atoms with E-state index in [-0.39, 0.29) is 12.5 Å². The minimum absolute atomic E-state index is 0.0444. The van der Waals surface area contributed by atoms with Gasteiger partial charge in [0.15, 0.2) is 0 Å². The third-order valence-corrected chi connectivity index (χ3v) is 5.03. The van der Waals surface area contributed by atoms with E-state index >= 15 is 0 Å². The van der Waals surface area contributed by atoms with E-state index in [9.17, 15) is 4.79 Å². The molecule has 3 aromatic rings. The van der Waals surface area contributed by atoms with Crippen molar-refractivity contribution >= 4 is 16.9 Å². The zero-order chi connectivity index (χ0) is 21.5. The maximum absolute atomic E-state index is 11.8. The number of hydrogen-bond donors (Lipinski definition) is 1. The Kier molecular flexibility index (Phi) is 7.46. The molecule has 0 aliphatic rings. The summed E-state index contributed by atoms with van der Waals surface area (Å²) in [6.45, 7) is 8.23. The van der Waals surface area contributed by atoms with Gasteiger partial charge in [-0.15, -0.1) is 0 Å². The molecule has 0 unspecified atom stereocenters. The van der Waals surface area contributed by atoms with Crippen molar-refractivity contribution in [2.75, 3.05) is 20.3 Å². The second kappa shape index (κ2) is 10.3. The van der Waals surface area contributed by atoms with E-state index in [4.69, 9.17) is 14.5 Å². The van der Waals surface area contributed by atoms with Gasteiger partial charge in [-0.1, -0.05) is 38.1 Å². The summed E-state index contributed by atoms with van der Waals surface area (Å²) >= 11 is 0. The van der Waals surface area contributed by atoms with Crippen molar-refractivity contribution in [2.45, 2.75) is 46.2 Å². The van der Waals surface area contributed by atoms with Crippen molar-refractivity contribution in [3.05, 3.63) is 59.4 Å². The Bertz CT molecular complexity index is 995. The standard InChI is InChI=1S/C24H31N3O3/c1-17(2)19-11-10-18(3)14-22(19)30-13-7-12-27-21-9-6-5-8-20(21)26-23(27)15-25-24(28)16-29-4/h5-6,8-11,14,17H,7,12-13,15-16H2,1-4H3,(H,25,28). The molecule has 0 aliphatic carbocycles. The number of para-hydroxylation sites is 2. The SMILES string of the molecule is COCC(=O)NCc1nc2ccccc2n1CCCOc1cc(C)ccc1C(C)C. The number of nitrogens with zero attached hydrogens (tertiary/aromatic N) is 2. The third kappa shape index (κ3) is 5.39. The Hall–Kier alpha value is -2.86. The van der Waals surface area contributed by atoms with E-state index in [1.165, 1.54) is 18.2 Å². The lowest BCUT2D eigenvalue weighted by Crippen LogP contribution is -2.28. The first-order chi connectivity index (χ1) is 14.5. The second-order valence-electron chi connectivity index (χ2n) is 7.78. The molecule has 0 fully saturated rings. The number of carbonyl (C=O) groups is 1. The van der Waals surface area contributed by atoms with E-state index in [1.54, 1.807) is 0 Å². The number of ether oxygens (including phenoxy) is 2. The highest BCUT2D eigenvalue weighted by molar-refractivity contribution is 5.78. The van der Waals surface area contributed by atoms with Gasteiger partial charge in [-0.25, -0.2) is 4.98 Å². The number of aromatic nitrogens is 2. The number of nitrogens with one attached hydrogen (secondary N) is 1. The molecule has 1 aromatic heterocycles. The number of carbonyl (C=O) groups excluding carboxylic acids is 1. The van der Waals surface area contributed by atoms with Crippen molar-refractivity contribution in [3.63, 3.8) is 0 Å². The molecular formula is C24H31N3O3. The lowest BCUT2D eigenvalue weighted by atomic mass is 10.0. The molecule has 0 spiro atoms. The van der Waals surface area contributed by atoms with Crippen LogP contribution in [0.4, 0.5) is 0 Å². The van der Waals surface area contributed by atoms with E-state index in [1.807, 2.05) is 18.2 Å². The number of amides is 1. The average Bonchev–Trinajstić information content (AvgIpc) is 3.07. The molecular weight excluding hydrogens is 378 g/mol. The first-order valence-electron chi connectivity index (χ1n) is 10.4. The Morgan fingerprint density at radius 1 is 1.20 bits per heavy atom. The number of benzene rings is 2. The predicted octanol–water partition coefficient (Wildman–Crippen LogP) is 4.20. The lowest BCUT2D eigenvalue weighted by molar-refractivity contribution is -0.124. The number of fused-ring (bicyclic) bond motifs is 1. The van der Waals surface area contributed by atoms with Gasteiger partial charge in [0.1, 0.15) is 18.2 Å². The van der Waals surface area contributed by atoms with Crippen molar-refractivity contribution in [2.24, 2.45) is 0 Å². The molecule has 0 bridgehead atoms. The molecule has 6 nitrogen and oxygen atoms in total. The fraction of sp³-hybridized carbons (Fsp3) is 0.417. The number of methoxy groups -OCH3 is 1. The first-order valence-corrected chi connectivity index (χ1v) is 10.4.